The van der Waals surface area contributed by atoms with Gasteiger partial charge >= 0.3 is 0 Å². The number of allylic oxidation sites excluding steroid dienone is 3. The number of hydrogen-bond donors (Lipinski definition) is 0. The van der Waals surface area contributed by atoms with Crippen LogP contribution in [0.2, 0.25) is 0 Å². The maximum Gasteiger partial charge on any atom is 0.269 e. The first kappa shape index (κ1) is 30.9. The molecule has 0 unspecified atom stereocenters. The molecule has 2 aromatic heterocycles. The lowest BCUT2D eigenvalue weighted by Crippen LogP contribution is -3.00. The van der Waals surface area contributed by atoms with E-state index in [-0.39, 0.29) is 29.5 Å². The highest BCUT2D eigenvalue weighted by Crippen LogP contribution is 2.36. The Labute approximate surface area is 277 Å². The van der Waals surface area contributed by atoms with Crippen LogP contribution in [-0.2, 0) is 13.1 Å². The van der Waals surface area contributed by atoms with E-state index < -0.39 is 0 Å². The lowest BCUT2D eigenvalue weighted by molar-refractivity contribution is -0.679. The maximum atomic E-state index is 13.6. The van der Waals surface area contributed by atoms with Gasteiger partial charge in [-0.25, -0.2) is 0 Å². The Hall–Kier alpha value is -3.53. The zero-order valence-electron chi connectivity index (χ0n) is 24.5. The molecule has 0 amide bonds. The zero-order chi connectivity index (χ0) is 29.1. The molecule has 3 aromatic carbocycles. The fourth-order valence-electron chi connectivity index (χ4n) is 5.49. The van der Waals surface area contributed by atoms with Crippen LogP contribution in [-0.4, -0.2) is 11.1 Å². The standard InChI is InChI=1S/C36H34N3OS2.HI/c1-4-37-24-23-26(29-19-13-14-20-30(29)37)21-22-31-36(40)39(6-3)33(41-31)25-32-38(5-2)34(27-15-9-7-10-16-27)35(42-32)28-17-11-8-12-18-28;/h7-25H,4-6H2,1-3H3;1H/q+1;/p-1. The number of halogens is 1. The number of nitrogens with zero attached hydrogens (tertiary/aromatic N) is 3. The van der Waals surface area contributed by atoms with E-state index in [1.807, 2.05) is 17.6 Å². The third kappa shape index (κ3) is 6.12. The number of anilines is 1. The number of hydrogen-bond acceptors (Lipinski definition) is 4. The summed E-state index contributed by atoms with van der Waals surface area (Å²) in [5.74, 6) is 0. The van der Waals surface area contributed by atoms with Crippen LogP contribution in [0, 0.1) is 0 Å². The molecular weight excluding hydrogens is 681 g/mol. The Balaban J connectivity index is 0.00000368. The molecule has 218 valence electrons. The smallest absolute Gasteiger partial charge is 0.269 e. The monoisotopic (exact) mass is 715 g/mol. The molecule has 4 nitrogen and oxygen atoms in total. The largest absolute Gasteiger partial charge is 1.00 e. The number of aromatic nitrogens is 2. The van der Waals surface area contributed by atoms with Crippen molar-refractivity contribution >= 4 is 46.1 Å². The number of rotatable bonds is 7. The highest BCUT2D eigenvalue weighted by atomic mass is 127. The van der Waals surface area contributed by atoms with E-state index in [9.17, 15) is 4.79 Å². The van der Waals surface area contributed by atoms with Crippen LogP contribution in [0.25, 0.3) is 39.4 Å². The van der Waals surface area contributed by atoms with Crippen LogP contribution < -0.4 is 48.2 Å². The van der Waals surface area contributed by atoms with Gasteiger partial charge in [0.25, 0.3) is 10.6 Å². The molecule has 0 radical (unpaired) electrons. The van der Waals surface area contributed by atoms with Crippen LogP contribution in [0.4, 0.5) is 5.69 Å². The molecule has 0 saturated carbocycles. The van der Waals surface area contributed by atoms with E-state index in [2.05, 4.69) is 133 Å². The Morgan fingerprint density at radius 3 is 2.14 bits per heavy atom. The van der Waals surface area contributed by atoms with E-state index in [0.29, 0.717) is 6.54 Å². The Morgan fingerprint density at radius 2 is 1.47 bits per heavy atom. The summed E-state index contributed by atoms with van der Waals surface area (Å²) in [6, 6.07) is 29.6. The summed E-state index contributed by atoms with van der Waals surface area (Å²) in [7, 11) is 0. The van der Waals surface area contributed by atoms with Gasteiger partial charge in [0.15, 0.2) is 0 Å². The summed E-state index contributed by atoms with van der Waals surface area (Å²) in [5.41, 5.74) is 7.14. The second-order valence-corrected chi connectivity index (χ2v) is 12.1. The molecule has 43 heavy (non-hydrogen) atoms. The van der Waals surface area contributed by atoms with Gasteiger partial charge in [-0.3, -0.25) is 9.36 Å². The first-order valence-electron chi connectivity index (χ1n) is 14.5. The number of thiazole rings is 2. The molecule has 0 fully saturated rings. The highest BCUT2D eigenvalue weighted by molar-refractivity contribution is 7.16. The van der Waals surface area contributed by atoms with Crippen molar-refractivity contribution in [3.8, 4) is 21.7 Å². The molecule has 0 saturated heterocycles. The van der Waals surface area contributed by atoms with Gasteiger partial charge in [0.2, 0.25) is 5.69 Å². The molecule has 0 atom stereocenters. The molecule has 0 spiro atoms. The molecule has 3 heterocycles. The molecule has 7 heteroatoms. The maximum absolute atomic E-state index is 13.6. The number of fused-ring (bicyclic) bond motifs is 1. The Morgan fingerprint density at radius 1 is 0.791 bits per heavy atom. The summed E-state index contributed by atoms with van der Waals surface area (Å²) in [5, 5.41) is 1.13. The van der Waals surface area contributed by atoms with E-state index in [0.717, 1.165) is 32.9 Å². The van der Waals surface area contributed by atoms with Crippen LogP contribution in [0.1, 0.15) is 31.3 Å². The summed E-state index contributed by atoms with van der Waals surface area (Å²) in [6.07, 6.45) is 10.5. The Bertz CT molecular complexity index is 1970. The molecular formula is C36H34IN3OS2. The van der Waals surface area contributed by atoms with Gasteiger partial charge in [-0.1, -0.05) is 84.1 Å². The van der Waals surface area contributed by atoms with Crippen molar-refractivity contribution in [2.75, 3.05) is 11.4 Å². The third-order valence-electron chi connectivity index (χ3n) is 7.57. The average molecular weight is 716 g/mol. The van der Waals surface area contributed by atoms with Crippen molar-refractivity contribution in [3.63, 3.8) is 0 Å². The lowest BCUT2D eigenvalue weighted by Gasteiger charge is -2.26. The average Bonchev–Trinajstić information content (AvgIpc) is 3.56. The minimum Gasteiger partial charge on any atom is -1.00 e. The minimum atomic E-state index is 0. The number of para-hydroxylation sites is 1. The summed E-state index contributed by atoms with van der Waals surface area (Å²) in [4.78, 5) is 17.0. The molecule has 5 aromatic rings. The van der Waals surface area contributed by atoms with Crippen LogP contribution >= 0.6 is 22.7 Å². The molecule has 1 aliphatic heterocycles. The fraction of sp³-hybridized carbons (Fsp3) is 0.167. The van der Waals surface area contributed by atoms with Gasteiger partial charge in [-0.2, -0.15) is 4.57 Å². The predicted octanol–water partition coefficient (Wildman–Crippen LogP) is 3.68. The van der Waals surface area contributed by atoms with Crippen molar-refractivity contribution in [1.29, 1.82) is 0 Å². The summed E-state index contributed by atoms with van der Waals surface area (Å²) >= 11 is 3.34. The first-order chi connectivity index (χ1) is 20.6. The van der Waals surface area contributed by atoms with E-state index >= 15 is 0 Å². The van der Waals surface area contributed by atoms with Gasteiger partial charge < -0.3 is 28.9 Å². The van der Waals surface area contributed by atoms with Crippen LogP contribution in [0.3, 0.4) is 0 Å². The van der Waals surface area contributed by atoms with Crippen molar-refractivity contribution in [2.45, 2.75) is 33.9 Å². The van der Waals surface area contributed by atoms with Crippen molar-refractivity contribution in [2.24, 2.45) is 0 Å². The first-order valence-corrected chi connectivity index (χ1v) is 16.1. The van der Waals surface area contributed by atoms with Gasteiger partial charge in [-0.15, -0.1) is 11.3 Å². The molecule has 6 rings (SSSR count). The number of benzene rings is 3. The lowest BCUT2D eigenvalue weighted by atomic mass is 9.99. The summed E-state index contributed by atoms with van der Waals surface area (Å²) in [6.45, 7) is 8.74. The minimum absolute atomic E-state index is 0. The van der Waals surface area contributed by atoms with Crippen LogP contribution in [0.15, 0.2) is 108 Å². The second kappa shape index (κ2) is 13.8. The van der Waals surface area contributed by atoms with E-state index in [4.69, 9.17) is 0 Å². The zero-order valence-corrected chi connectivity index (χ0v) is 28.3. The second-order valence-electron chi connectivity index (χ2n) is 10.0. The normalized spacial score (nSPS) is 14.3. The summed E-state index contributed by atoms with van der Waals surface area (Å²) < 4.78 is 5.97. The molecule has 0 N–H and O–H groups in total. The van der Waals surface area contributed by atoms with Gasteiger partial charge in [0, 0.05) is 36.1 Å². The SMILES string of the molecule is CCN1C=CC(=CC=c2s/c(=C\c3sc(-c4ccccc4)c(-c4ccccc4)[n+]3CC)n(CC)c2=O)c2ccccc21.[I-]. The van der Waals surface area contributed by atoms with Crippen molar-refractivity contribution in [1.82, 2.24) is 4.57 Å². The van der Waals surface area contributed by atoms with Crippen molar-refractivity contribution in [3.05, 3.63) is 133 Å². The fourth-order valence-corrected chi connectivity index (χ4v) is 7.90. The van der Waals surface area contributed by atoms with Gasteiger partial charge in [0.1, 0.15) is 16.1 Å². The van der Waals surface area contributed by atoms with E-state index in [1.54, 1.807) is 22.7 Å². The predicted molar refractivity (Wildman–Crippen MR) is 179 cm³/mol. The quantitative estimate of drug-likeness (QED) is 0.190. The third-order valence-corrected chi connectivity index (χ3v) is 9.83. The van der Waals surface area contributed by atoms with Crippen LogP contribution in [0.5, 0.6) is 0 Å². The topological polar surface area (TPSA) is 29.1 Å². The van der Waals surface area contributed by atoms with Crippen molar-refractivity contribution < 1.29 is 28.5 Å². The molecule has 1 aliphatic rings. The highest BCUT2D eigenvalue weighted by Gasteiger charge is 2.27. The van der Waals surface area contributed by atoms with Gasteiger partial charge in [-0.05, 0) is 62.3 Å². The Kier molecular flexibility index (Phi) is 9.95. The molecule has 0 aliphatic carbocycles. The molecule has 0 bridgehead atoms. The van der Waals surface area contributed by atoms with Gasteiger partial charge in [0.05, 0.1) is 10.6 Å². The van der Waals surface area contributed by atoms with E-state index in [1.165, 1.54) is 32.9 Å².